The summed E-state index contributed by atoms with van der Waals surface area (Å²) in [6, 6.07) is 25.9. The van der Waals surface area contributed by atoms with Crippen molar-refractivity contribution in [2.24, 2.45) is 0 Å². The molecule has 0 N–H and O–H groups in total. The van der Waals surface area contributed by atoms with Crippen molar-refractivity contribution in [2.45, 2.75) is 26.9 Å². The van der Waals surface area contributed by atoms with Crippen molar-refractivity contribution >= 4 is 22.1 Å². The Kier molecular flexibility index (Phi) is 4.46. The highest BCUT2D eigenvalue weighted by molar-refractivity contribution is 5.88. The summed E-state index contributed by atoms with van der Waals surface area (Å²) in [6.45, 7) is 7.12. The Morgan fingerprint density at radius 2 is 1.03 bits per heavy atom. The molecule has 2 heterocycles. The van der Waals surface area contributed by atoms with Crippen LogP contribution in [0.1, 0.15) is 22.3 Å². The molecular weight excluding hydrogens is 396 g/mol. The molecule has 0 radical (unpaired) electrons. The standard InChI is InChI=1S/C28H26N2O2/c1-19-7-3-5-9-25(19)29-15-23-11-21-12-24-16-30(26-10-6-4-8-20(26)2)18-32-28(24)14-22(21)13-27(23)31-17-29/h3-14H,15-18H2,1-2H3. The molecule has 4 heteroatoms. The average molecular weight is 423 g/mol. The van der Waals surface area contributed by atoms with E-state index in [-0.39, 0.29) is 0 Å². The molecule has 4 aromatic rings. The van der Waals surface area contributed by atoms with Gasteiger partial charge in [-0.2, -0.15) is 0 Å². The first kappa shape index (κ1) is 19.1. The number of hydrogen-bond donors (Lipinski definition) is 0. The zero-order valence-electron chi connectivity index (χ0n) is 18.5. The molecule has 0 unspecified atom stereocenters. The van der Waals surface area contributed by atoms with Gasteiger partial charge in [-0.25, -0.2) is 0 Å². The number of ether oxygens (including phenoxy) is 2. The summed E-state index contributed by atoms with van der Waals surface area (Å²) in [5.74, 6) is 1.94. The number of hydrogen-bond acceptors (Lipinski definition) is 4. The Morgan fingerprint density at radius 1 is 0.594 bits per heavy atom. The van der Waals surface area contributed by atoms with Crippen LogP contribution in [0.4, 0.5) is 11.4 Å². The molecule has 0 saturated carbocycles. The summed E-state index contributed by atoms with van der Waals surface area (Å²) in [5.41, 5.74) is 7.43. The normalized spacial score (nSPS) is 15.1. The van der Waals surface area contributed by atoms with E-state index in [1.165, 1.54) is 39.0 Å². The molecule has 32 heavy (non-hydrogen) atoms. The van der Waals surface area contributed by atoms with Crippen molar-refractivity contribution in [1.29, 1.82) is 0 Å². The summed E-state index contributed by atoms with van der Waals surface area (Å²) in [4.78, 5) is 4.59. The minimum Gasteiger partial charge on any atom is -0.473 e. The smallest absolute Gasteiger partial charge is 0.161 e. The molecule has 4 nitrogen and oxygen atoms in total. The number of fused-ring (bicyclic) bond motifs is 3. The van der Waals surface area contributed by atoms with Crippen molar-refractivity contribution < 1.29 is 9.47 Å². The van der Waals surface area contributed by atoms with Crippen molar-refractivity contribution in [3.05, 3.63) is 95.1 Å². The minimum atomic E-state index is 0.566. The zero-order valence-corrected chi connectivity index (χ0v) is 18.5. The summed E-state index contributed by atoms with van der Waals surface area (Å²) in [5, 5.41) is 2.39. The average Bonchev–Trinajstić information content (AvgIpc) is 2.81. The molecule has 0 bridgehead atoms. The molecule has 0 atom stereocenters. The van der Waals surface area contributed by atoms with Crippen LogP contribution >= 0.6 is 0 Å². The van der Waals surface area contributed by atoms with Crippen molar-refractivity contribution in [3.8, 4) is 11.5 Å². The largest absolute Gasteiger partial charge is 0.473 e. The lowest BCUT2D eigenvalue weighted by Gasteiger charge is -2.33. The van der Waals surface area contributed by atoms with Crippen molar-refractivity contribution in [1.82, 2.24) is 0 Å². The van der Waals surface area contributed by atoms with Crippen LogP contribution in [-0.2, 0) is 13.1 Å². The Bertz CT molecular complexity index is 1230. The lowest BCUT2D eigenvalue weighted by atomic mass is 10.00. The minimum absolute atomic E-state index is 0.566. The van der Waals surface area contributed by atoms with Gasteiger partial charge in [0.15, 0.2) is 13.5 Å². The molecule has 0 aliphatic carbocycles. The molecule has 0 amide bonds. The van der Waals surface area contributed by atoms with Crippen molar-refractivity contribution in [3.63, 3.8) is 0 Å². The van der Waals surface area contributed by atoms with Crippen LogP contribution in [0.3, 0.4) is 0 Å². The predicted octanol–water partition coefficient (Wildman–Crippen LogP) is 6.17. The molecule has 0 saturated heterocycles. The van der Waals surface area contributed by atoms with Crippen LogP contribution in [0.5, 0.6) is 11.5 Å². The highest BCUT2D eigenvalue weighted by Crippen LogP contribution is 2.37. The molecule has 0 aromatic heterocycles. The molecule has 2 aliphatic heterocycles. The number of benzene rings is 4. The van der Waals surface area contributed by atoms with Gasteiger partial charge in [0.25, 0.3) is 0 Å². The Balaban J connectivity index is 1.34. The first-order chi connectivity index (χ1) is 15.7. The fourth-order valence-electron chi connectivity index (χ4n) is 4.86. The second-order valence-corrected chi connectivity index (χ2v) is 8.78. The third kappa shape index (κ3) is 3.23. The van der Waals surface area contributed by atoms with Gasteiger partial charge in [-0.05, 0) is 72.1 Å². The maximum absolute atomic E-state index is 6.16. The lowest BCUT2D eigenvalue weighted by molar-refractivity contribution is 0.288. The number of rotatable bonds is 2. The van der Waals surface area contributed by atoms with Crippen LogP contribution < -0.4 is 19.3 Å². The molecule has 0 fully saturated rings. The van der Waals surface area contributed by atoms with Crippen LogP contribution in [0.25, 0.3) is 10.8 Å². The number of para-hydroxylation sites is 2. The quantitative estimate of drug-likeness (QED) is 0.386. The summed E-state index contributed by atoms with van der Waals surface area (Å²) in [7, 11) is 0. The predicted molar refractivity (Wildman–Crippen MR) is 130 cm³/mol. The van der Waals surface area contributed by atoms with Gasteiger partial charge in [0.2, 0.25) is 0 Å². The first-order valence-electron chi connectivity index (χ1n) is 11.1. The van der Waals surface area contributed by atoms with E-state index < -0.39 is 0 Å². The maximum Gasteiger partial charge on any atom is 0.161 e. The monoisotopic (exact) mass is 422 g/mol. The highest BCUT2D eigenvalue weighted by Gasteiger charge is 2.23. The van der Waals surface area contributed by atoms with Crippen LogP contribution in [0, 0.1) is 13.8 Å². The van der Waals surface area contributed by atoms with E-state index in [1.807, 2.05) is 0 Å². The van der Waals surface area contributed by atoms with E-state index in [9.17, 15) is 0 Å². The van der Waals surface area contributed by atoms with Gasteiger partial charge < -0.3 is 19.3 Å². The topological polar surface area (TPSA) is 24.9 Å². The van der Waals surface area contributed by atoms with E-state index in [4.69, 9.17) is 9.47 Å². The van der Waals surface area contributed by atoms with Crippen LogP contribution in [0.2, 0.25) is 0 Å². The second kappa shape index (κ2) is 7.49. The molecule has 160 valence electrons. The van der Waals surface area contributed by atoms with Gasteiger partial charge in [-0.3, -0.25) is 0 Å². The van der Waals surface area contributed by atoms with Gasteiger partial charge >= 0.3 is 0 Å². The van der Waals surface area contributed by atoms with E-state index in [0.717, 1.165) is 30.0 Å². The van der Waals surface area contributed by atoms with Crippen LogP contribution in [-0.4, -0.2) is 13.5 Å². The van der Waals surface area contributed by atoms with E-state index >= 15 is 0 Å². The fourth-order valence-corrected chi connectivity index (χ4v) is 4.86. The van der Waals surface area contributed by atoms with Crippen molar-refractivity contribution in [2.75, 3.05) is 23.3 Å². The van der Waals surface area contributed by atoms with Gasteiger partial charge in [0.1, 0.15) is 11.5 Å². The second-order valence-electron chi connectivity index (χ2n) is 8.78. The summed E-state index contributed by atoms with van der Waals surface area (Å²) >= 11 is 0. The lowest BCUT2D eigenvalue weighted by Crippen LogP contribution is -2.32. The van der Waals surface area contributed by atoms with Gasteiger partial charge in [-0.1, -0.05) is 36.4 Å². The van der Waals surface area contributed by atoms with Crippen LogP contribution in [0.15, 0.2) is 72.8 Å². The zero-order chi connectivity index (χ0) is 21.7. The fraction of sp³-hybridized carbons (Fsp3) is 0.214. The number of nitrogens with zero attached hydrogens (tertiary/aromatic N) is 2. The maximum atomic E-state index is 6.16. The number of anilines is 2. The molecule has 4 aromatic carbocycles. The molecule has 0 spiro atoms. The summed E-state index contributed by atoms with van der Waals surface area (Å²) in [6.07, 6.45) is 0. The summed E-state index contributed by atoms with van der Waals surface area (Å²) < 4.78 is 12.3. The van der Waals surface area contributed by atoms with Gasteiger partial charge in [0.05, 0.1) is 0 Å². The van der Waals surface area contributed by atoms with Gasteiger partial charge in [0, 0.05) is 35.6 Å². The molecule has 2 aliphatic rings. The SMILES string of the molecule is Cc1ccccc1N1COc2cc3cc4c(cc3cc2C1)CN(c1ccccc1C)CO4. The molecular formula is C28H26N2O2. The highest BCUT2D eigenvalue weighted by atomic mass is 16.5. The first-order valence-corrected chi connectivity index (χ1v) is 11.1. The molecule has 6 rings (SSSR count). The number of aryl methyl sites for hydroxylation is 2. The third-order valence-electron chi connectivity index (χ3n) is 6.59. The Hall–Kier alpha value is -3.66. The third-order valence-corrected chi connectivity index (χ3v) is 6.59. The van der Waals surface area contributed by atoms with E-state index in [2.05, 4.69) is 96.4 Å². The Morgan fingerprint density at radius 3 is 1.50 bits per heavy atom. The van der Waals surface area contributed by atoms with Gasteiger partial charge in [-0.15, -0.1) is 0 Å². The Labute approximate surface area is 188 Å². The van der Waals surface area contributed by atoms with E-state index in [0.29, 0.717) is 13.5 Å². The van der Waals surface area contributed by atoms with E-state index in [1.54, 1.807) is 0 Å².